The fourth-order valence-corrected chi connectivity index (χ4v) is 3.62. The van der Waals surface area contributed by atoms with Crippen LogP contribution < -0.4 is 4.74 Å². The Morgan fingerprint density at radius 2 is 1.87 bits per heavy atom. The lowest BCUT2D eigenvalue weighted by Crippen LogP contribution is -2.41. The highest BCUT2D eigenvalue weighted by Crippen LogP contribution is 2.24. The van der Waals surface area contributed by atoms with Crippen LogP contribution in [-0.2, 0) is 4.74 Å². The van der Waals surface area contributed by atoms with Crippen LogP contribution in [0, 0.1) is 12.8 Å². The van der Waals surface area contributed by atoms with E-state index in [2.05, 4.69) is 0 Å². The third-order valence-corrected chi connectivity index (χ3v) is 5.42. The van der Waals surface area contributed by atoms with Gasteiger partial charge in [0.15, 0.2) is 0 Å². The number of piperidine rings is 1. The van der Waals surface area contributed by atoms with E-state index in [0.29, 0.717) is 18.1 Å². The van der Waals surface area contributed by atoms with Gasteiger partial charge in [0, 0.05) is 18.7 Å². The minimum Gasteiger partial charge on any atom is -0.494 e. The molecule has 0 saturated carbocycles. The summed E-state index contributed by atoms with van der Waals surface area (Å²) in [6.07, 6.45) is 3.76. The molecule has 1 heterocycles. The predicted octanol–water partition coefficient (Wildman–Crippen LogP) is 5.04. The maximum absolute atomic E-state index is 12.3. The third kappa shape index (κ3) is 7.73. The Bertz CT molecular complexity index is 749. The molecule has 1 aromatic carbocycles. The third-order valence-electron chi connectivity index (χ3n) is 5.42. The number of rotatable bonds is 7. The van der Waals surface area contributed by atoms with E-state index in [-0.39, 0.29) is 12.1 Å². The molecular formula is C24H38N2O5. The number of nitrogens with zero attached hydrogens (tertiary/aromatic N) is 2. The van der Waals surface area contributed by atoms with Crippen molar-refractivity contribution in [2.45, 2.75) is 78.9 Å². The molecule has 2 amide bonds. The molecule has 0 atom stereocenters. The summed E-state index contributed by atoms with van der Waals surface area (Å²) in [5, 5.41) is 10.6. The zero-order valence-electron chi connectivity index (χ0n) is 19.8. The van der Waals surface area contributed by atoms with Crippen LogP contribution in [-0.4, -0.2) is 58.5 Å². The highest BCUT2D eigenvalue weighted by Gasteiger charge is 2.26. The maximum Gasteiger partial charge on any atom is 0.410 e. The standard InChI is InChI=1S/C24H38N2O5/c1-17(2)26(29)22(27)21-10-9-20(16-18(21)3)30-15-7-8-19-11-13-25(14-12-19)23(28)31-24(4,5)6/h9-10,16-17,19,29H,7-8,11-15H2,1-6H3. The predicted molar refractivity (Wildman–Crippen MR) is 120 cm³/mol. The van der Waals surface area contributed by atoms with Gasteiger partial charge in [0.1, 0.15) is 11.4 Å². The van der Waals surface area contributed by atoms with Crippen molar-refractivity contribution in [3.05, 3.63) is 29.3 Å². The quantitative estimate of drug-likeness (QED) is 0.369. The number of aryl methyl sites for hydroxylation is 1. The fraction of sp³-hybridized carbons (Fsp3) is 0.667. The van der Waals surface area contributed by atoms with E-state index in [0.717, 1.165) is 55.1 Å². The second-order valence-electron chi connectivity index (χ2n) is 9.62. The van der Waals surface area contributed by atoms with Crippen molar-refractivity contribution in [3.63, 3.8) is 0 Å². The van der Waals surface area contributed by atoms with Gasteiger partial charge in [-0.05, 0) is 96.9 Å². The van der Waals surface area contributed by atoms with Gasteiger partial charge < -0.3 is 14.4 Å². The molecule has 0 aromatic heterocycles. The number of amides is 2. The van der Waals surface area contributed by atoms with Gasteiger partial charge >= 0.3 is 6.09 Å². The lowest BCUT2D eigenvalue weighted by molar-refractivity contribution is -0.0794. The molecule has 2 rings (SSSR count). The summed E-state index contributed by atoms with van der Waals surface area (Å²) in [5.41, 5.74) is 0.790. The SMILES string of the molecule is Cc1cc(OCCCC2CCN(C(=O)OC(C)(C)C)CC2)ccc1C(=O)N(O)C(C)C. The summed E-state index contributed by atoms with van der Waals surface area (Å²) in [5.74, 6) is 0.912. The molecule has 1 saturated heterocycles. The first-order valence-corrected chi connectivity index (χ1v) is 11.2. The van der Waals surface area contributed by atoms with Crippen molar-refractivity contribution >= 4 is 12.0 Å². The normalized spacial score (nSPS) is 15.2. The number of hydrogen-bond acceptors (Lipinski definition) is 5. The van der Waals surface area contributed by atoms with Gasteiger partial charge in [-0.15, -0.1) is 0 Å². The second kappa shape index (κ2) is 10.8. The molecule has 1 aliphatic rings. The van der Waals surface area contributed by atoms with Gasteiger partial charge in [-0.2, -0.15) is 0 Å². The van der Waals surface area contributed by atoms with Crippen molar-refractivity contribution in [3.8, 4) is 5.75 Å². The number of ether oxygens (including phenoxy) is 2. The molecule has 1 N–H and O–H groups in total. The van der Waals surface area contributed by atoms with E-state index < -0.39 is 11.5 Å². The summed E-state index contributed by atoms with van der Waals surface area (Å²) in [6, 6.07) is 5.03. The van der Waals surface area contributed by atoms with Crippen molar-refractivity contribution in [2.24, 2.45) is 5.92 Å². The van der Waals surface area contributed by atoms with Crippen molar-refractivity contribution in [1.29, 1.82) is 0 Å². The monoisotopic (exact) mass is 434 g/mol. The average Bonchev–Trinajstić information content (AvgIpc) is 2.69. The van der Waals surface area contributed by atoms with Crippen LogP contribution in [0.4, 0.5) is 4.79 Å². The molecule has 7 nitrogen and oxygen atoms in total. The van der Waals surface area contributed by atoms with Crippen LogP contribution in [0.25, 0.3) is 0 Å². The zero-order valence-corrected chi connectivity index (χ0v) is 19.8. The fourth-order valence-electron chi connectivity index (χ4n) is 3.62. The Morgan fingerprint density at radius 1 is 1.23 bits per heavy atom. The number of hydroxylamine groups is 2. The summed E-state index contributed by atoms with van der Waals surface area (Å²) >= 11 is 0. The lowest BCUT2D eigenvalue weighted by Gasteiger charge is -2.33. The smallest absolute Gasteiger partial charge is 0.410 e. The van der Waals surface area contributed by atoms with Crippen molar-refractivity contribution in [1.82, 2.24) is 9.96 Å². The van der Waals surface area contributed by atoms with E-state index in [1.807, 2.05) is 33.8 Å². The lowest BCUT2D eigenvalue weighted by atomic mass is 9.92. The van der Waals surface area contributed by atoms with Gasteiger partial charge in [-0.1, -0.05) is 0 Å². The highest BCUT2D eigenvalue weighted by molar-refractivity contribution is 5.95. The molecule has 1 aromatic rings. The molecule has 0 bridgehead atoms. The topological polar surface area (TPSA) is 79.3 Å². The molecule has 0 aliphatic carbocycles. The Balaban J connectivity index is 1.72. The van der Waals surface area contributed by atoms with E-state index in [1.54, 1.807) is 30.9 Å². The van der Waals surface area contributed by atoms with Crippen molar-refractivity contribution < 1.29 is 24.3 Å². The molecule has 1 aliphatic heterocycles. The van der Waals surface area contributed by atoms with Crippen molar-refractivity contribution in [2.75, 3.05) is 19.7 Å². The minimum atomic E-state index is -0.457. The van der Waals surface area contributed by atoms with E-state index in [4.69, 9.17) is 9.47 Å². The Kier molecular flexibility index (Phi) is 8.74. The van der Waals surface area contributed by atoms with E-state index in [9.17, 15) is 14.8 Å². The van der Waals surface area contributed by atoms with Gasteiger partial charge in [-0.25, -0.2) is 9.86 Å². The molecule has 31 heavy (non-hydrogen) atoms. The number of hydrogen-bond donors (Lipinski definition) is 1. The van der Waals surface area contributed by atoms with Crippen LogP contribution in [0.5, 0.6) is 5.75 Å². The molecule has 174 valence electrons. The minimum absolute atomic E-state index is 0.218. The van der Waals surface area contributed by atoms with Gasteiger partial charge in [0.2, 0.25) is 0 Å². The number of benzene rings is 1. The summed E-state index contributed by atoms with van der Waals surface area (Å²) < 4.78 is 11.3. The van der Waals surface area contributed by atoms with Crippen LogP contribution in [0.15, 0.2) is 18.2 Å². The average molecular weight is 435 g/mol. The Labute approximate surface area is 186 Å². The number of likely N-dealkylation sites (tertiary alicyclic amines) is 1. The first-order valence-electron chi connectivity index (χ1n) is 11.2. The van der Waals surface area contributed by atoms with E-state index >= 15 is 0 Å². The molecule has 0 radical (unpaired) electrons. The van der Waals surface area contributed by atoms with Crippen LogP contribution >= 0.6 is 0 Å². The molecule has 0 spiro atoms. The first-order chi connectivity index (χ1) is 14.5. The van der Waals surface area contributed by atoms with Gasteiger partial charge in [0.05, 0.1) is 12.6 Å². The first kappa shape index (κ1) is 25.0. The Hall–Kier alpha value is -2.28. The highest BCUT2D eigenvalue weighted by atomic mass is 16.6. The van der Waals surface area contributed by atoms with Crippen LogP contribution in [0.3, 0.4) is 0 Å². The van der Waals surface area contributed by atoms with Crippen LogP contribution in [0.1, 0.15) is 76.2 Å². The van der Waals surface area contributed by atoms with Gasteiger partial charge in [0.25, 0.3) is 5.91 Å². The summed E-state index contributed by atoms with van der Waals surface area (Å²) in [4.78, 5) is 26.2. The van der Waals surface area contributed by atoms with Crippen LogP contribution in [0.2, 0.25) is 0 Å². The maximum atomic E-state index is 12.3. The number of carbonyl (C=O) groups is 2. The summed E-state index contributed by atoms with van der Waals surface area (Å²) in [7, 11) is 0. The summed E-state index contributed by atoms with van der Waals surface area (Å²) in [6.45, 7) is 13.1. The molecular weight excluding hydrogens is 396 g/mol. The Morgan fingerprint density at radius 3 is 2.42 bits per heavy atom. The molecule has 0 unspecified atom stereocenters. The molecule has 1 fully saturated rings. The molecule has 7 heteroatoms. The largest absolute Gasteiger partial charge is 0.494 e. The number of carbonyl (C=O) groups excluding carboxylic acids is 2. The van der Waals surface area contributed by atoms with Gasteiger partial charge in [-0.3, -0.25) is 10.0 Å². The second-order valence-corrected chi connectivity index (χ2v) is 9.62. The van der Waals surface area contributed by atoms with E-state index in [1.165, 1.54) is 0 Å². The zero-order chi connectivity index (χ0) is 23.2.